The first kappa shape index (κ1) is 9.74. The molecule has 0 spiro atoms. The molecule has 2 rings (SSSR count). The summed E-state index contributed by atoms with van der Waals surface area (Å²) in [6, 6.07) is 4.26. The Hall–Kier alpha value is -0.800. The van der Waals surface area contributed by atoms with E-state index >= 15 is 0 Å². The van der Waals surface area contributed by atoms with Crippen molar-refractivity contribution in [2.24, 2.45) is 0 Å². The van der Waals surface area contributed by atoms with Crippen LogP contribution in [0.15, 0.2) is 18.3 Å². The van der Waals surface area contributed by atoms with Crippen LogP contribution < -0.4 is 0 Å². The number of morpholine rings is 1. The van der Waals surface area contributed by atoms with Crippen LogP contribution in [0.1, 0.15) is 5.69 Å². The van der Waals surface area contributed by atoms with Gasteiger partial charge < -0.3 is 9.30 Å². The Morgan fingerprint density at radius 1 is 1.29 bits per heavy atom. The molecular formula is C11H18N2O. The van der Waals surface area contributed by atoms with Gasteiger partial charge in [-0.15, -0.1) is 0 Å². The molecule has 0 aliphatic carbocycles. The standard InChI is InChI=1S/C11H18N2O/c1-11-3-2-4-13(11)6-5-12-7-9-14-10-8-12/h2-4H,5-10H2,1H3. The monoisotopic (exact) mass is 194 g/mol. The van der Waals surface area contributed by atoms with E-state index in [0.29, 0.717) is 0 Å². The maximum Gasteiger partial charge on any atom is 0.0594 e. The van der Waals surface area contributed by atoms with E-state index < -0.39 is 0 Å². The van der Waals surface area contributed by atoms with Gasteiger partial charge in [0, 0.05) is 38.1 Å². The molecule has 1 fully saturated rings. The molecule has 14 heavy (non-hydrogen) atoms. The van der Waals surface area contributed by atoms with E-state index in [-0.39, 0.29) is 0 Å². The van der Waals surface area contributed by atoms with E-state index in [2.05, 4.69) is 34.7 Å². The highest BCUT2D eigenvalue weighted by atomic mass is 16.5. The molecule has 0 atom stereocenters. The molecule has 0 amide bonds. The van der Waals surface area contributed by atoms with Crippen molar-refractivity contribution in [1.29, 1.82) is 0 Å². The molecule has 1 aromatic rings. The van der Waals surface area contributed by atoms with Gasteiger partial charge in [0.1, 0.15) is 0 Å². The fourth-order valence-electron chi connectivity index (χ4n) is 1.82. The molecule has 0 unspecified atom stereocenters. The molecule has 3 heteroatoms. The SMILES string of the molecule is Cc1cccn1CCN1CCOCC1. The van der Waals surface area contributed by atoms with Crippen LogP contribution in [0.25, 0.3) is 0 Å². The Balaban J connectivity index is 1.79. The third-order valence-corrected chi connectivity index (χ3v) is 2.82. The second kappa shape index (κ2) is 4.62. The largest absolute Gasteiger partial charge is 0.379 e. The van der Waals surface area contributed by atoms with Crippen molar-refractivity contribution in [2.75, 3.05) is 32.8 Å². The third-order valence-electron chi connectivity index (χ3n) is 2.82. The zero-order valence-corrected chi connectivity index (χ0v) is 8.78. The molecule has 0 N–H and O–H groups in total. The van der Waals surface area contributed by atoms with E-state index in [1.807, 2.05) is 0 Å². The first-order chi connectivity index (χ1) is 6.86. The minimum absolute atomic E-state index is 0.894. The lowest BCUT2D eigenvalue weighted by Crippen LogP contribution is -2.38. The topological polar surface area (TPSA) is 17.4 Å². The van der Waals surface area contributed by atoms with E-state index in [1.54, 1.807) is 0 Å². The number of hydrogen-bond acceptors (Lipinski definition) is 2. The van der Waals surface area contributed by atoms with Crippen LogP contribution in [-0.2, 0) is 11.3 Å². The first-order valence-electron chi connectivity index (χ1n) is 5.28. The Morgan fingerprint density at radius 3 is 2.71 bits per heavy atom. The summed E-state index contributed by atoms with van der Waals surface area (Å²) < 4.78 is 7.61. The number of hydrogen-bond donors (Lipinski definition) is 0. The molecule has 3 nitrogen and oxygen atoms in total. The lowest BCUT2D eigenvalue weighted by atomic mass is 10.4. The fraction of sp³-hybridized carbons (Fsp3) is 0.636. The minimum Gasteiger partial charge on any atom is -0.379 e. The van der Waals surface area contributed by atoms with E-state index in [9.17, 15) is 0 Å². The van der Waals surface area contributed by atoms with Gasteiger partial charge in [0.2, 0.25) is 0 Å². The van der Waals surface area contributed by atoms with Gasteiger partial charge in [-0.3, -0.25) is 4.90 Å². The highest BCUT2D eigenvalue weighted by Gasteiger charge is 2.09. The molecule has 0 radical (unpaired) electrons. The highest BCUT2D eigenvalue weighted by Crippen LogP contribution is 2.02. The molecule has 78 valence electrons. The van der Waals surface area contributed by atoms with Gasteiger partial charge in [0.15, 0.2) is 0 Å². The second-order valence-electron chi connectivity index (χ2n) is 3.80. The summed E-state index contributed by atoms with van der Waals surface area (Å²) in [5.41, 5.74) is 1.35. The predicted molar refractivity (Wildman–Crippen MR) is 56.4 cm³/mol. The normalized spacial score (nSPS) is 18.6. The molecule has 0 bridgehead atoms. The van der Waals surface area contributed by atoms with Crippen molar-refractivity contribution in [2.45, 2.75) is 13.5 Å². The Labute approximate surface area is 85.3 Å². The predicted octanol–water partition coefficient (Wildman–Crippen LogP) is 1.13. The summed E-state index contributed by atoms with van der Waals surface area (Å²) in [4.78, 5) is 2.46. The third kappa shape index (κ3) is 2.36. The van der Waals surface area contributed by atoms with Crippen LogP contribution in [0, 0.1) is 6.92 Å². The number of nitrogens with zero attached hydrogens (tertiary/aromatic N) is 2. The van der Waals surface area contributed by atoms with Gasteiger partial charge in [0.05, 0.1) is 13.2 Å². The zero-order chi connectivity index (χ0) is 9.80. The summed E-state index contributed by atoms with van der Waals surface area (Å²) in [5.74, 6) is 0. The summed E-state index contributed by atoms with van der Waals surface area (Å²) in [6.07, 6.45) is 2.15. The average Bonchev–Trinajstić information content (AvgIpc) is 2.63. The second-order valence-corrected chi connectivity index (χ2v) is 3.80. The van der Waals surface area contributed by atoms with E-state index in [4.69, 9.17) is 4.74 Å². The number of aryl methyl sites for hydroxylation is 1. The van der Waals surface area contributed by atoms with Gasteiger partial charge in [0.25, 0.3) is 0 Å². The van der Waals surface area contributed by atoms with Crippen molar-refractivity contribution < 1.29 is 4.74 Å². The smallest absolute Gasteiger partial charge is 0.0594 e. The summed E-state index contributed by atoms with van der Waals surface area (Å²) in [7, 11) is 0. The van der Waals surface area contributed by atoms with Gasteiger partial charge in [-0.2, -0.15) is 0 Å². The van der Waals surface area contributed by atoms with Crippen LogP contribution in [0.2, 0.25) is 0 Å². The quantitative estimate of drug-likeness (QED) is 0.717. The molecule has 2 heterocycles. The maximum atomic E-state index is 5.31. The Bertz CT molecular complexity index is 277. The van der Waals surface area contributed by atoms with Crippen molar-refractivity contribution >= 4 is 0 Å². The number of rotatable bonds is 3. The van der Waals surface area contributed by atoms with Gasteiger partial charge in [-0.1, -0.05) is 0 Å². The molecule has 1 aliphatic heterocycles. The molecule has 0 aromatic carbocycles. The lowest BCUT2D eigenvalue weighted by Gasteiger charge is -2.26. The summed E-state index contributed by atoms with van der Waals surface area (Å²) in [6.45, 7) is 8.34. The van der Waals surface area contributed by atoms with Crippen LogP contribution in [0.3, 0.4) is 0 Å². The lowest BCUT2D eigenvalue weighted by molar-refractivity contribution is 0.0363. The van der Waals surface area contributed by atoms with Crippen LogP contribution in [0.4, 0.5) is 0 Å². The van der Waals surface area contributed by atoms with Gasteiger partial charge in [-0.25, -0.2) is 0 Å². The van der Waals surface area contributed by atoms with E-state index in [0.717, 1.165) is 39.4 Å². The fourth-order valence-corrected chi connectivity index (χ4v) is 1.82. The van der Waals surface area contributed by atoms with Crippen molar-refractivity contribution in [3.8, 4) is 0 Å². The number of ether oxygens (including phenoxy) is 1. The van der Waals surface area contributed by atoms with E-state index in [1.165, 1.54) is 5.69 Å². The molecule has 1 aliphatic rings. The minimum atomic E-state index is 0.894. The summed E-state index contributed by atoms with van der Waals surface area (Å²) >= 11 is 0. The summed E-state index contributed by atoms with van der Waals surface area (Å²) in [5, 5.41) is 0. The van der Waals surface area contributed by atoms with Gasteiger partial charge >= 0.3 is 0 Å². The number of aromatic nitrogens is 1. The van der Waals surface area contributed by atoms with Crippen LogP contribution >= 0.6 is 0 Å². The maximum absolute atomic E-state index is 5.31. The Morgan fingerprint density at radius 2 is 2.07 bits per heavy atom. The Kier molecular flexibility index (Phi) is 3.22. The van der Waals surface area contributed by atoms with Gasteiger partial charge in [-0.05, 0) is 19.1 Å². The highest BCUT2D eigenvalue weighted by molar-refractivity contribution is 5.04. The average molecular weight is 194 g/mol. The molecule has 1 aromatic heterocycles. The molecule has 0 saturated carbocycles. The molecule has 1 saturated heterocycles. The first-order valence-corrected chi connectivity index (χ1v) is 5.28. The van der Waals surface area contributed by atoms with Crippen molar-refractivity contribution in [3.63, 3.8) is 0 Å². The van der Waals surface area contributed by atoms with Crippen molar-refractivity contribution in [3.05, 3.63) is 24.0 Å². The van der Waals surface area contributed by atoms with Crippen LogP contribution in [0.5, 0.6) is 0 Å². The van der Waals surface area contributed by atoms with Crippen LogP contribution in [-0.4, -0.2) is 42.3 Å². The van der Waals surface area contributed by atoms with Crippen molar-refractivity contribution in [1.82, 2.24) is 9.47 Å². The molecular weight excluding hydrogens is 176 g/mol. The zero-order valence-electron chi connectivity index (χ0n) is 8.78.